The van der Waals surface area contributed by atoms with E-state index in [0.29, 0.717) is 25.3 Å². The second kappa shape index (κ2) is 5.07. The number of aryl methyl sites for hydroxylation is 2. The predicted molar refractivity (Wildman–Crippen MR) is 67.2 cm³/mol. The van der Waals surface area contributed by atoms with Gasteiger partial charge in [0.2, 0.25) is 0 Å². The molecular weight excluding hydrogens is 232 g/mol. The first-order valence-corrected chi connectivity index (χ1v) is 6.16. The van der Waals surface area contributed by atoms with Crippen LogP contribution in [0.15, 0.2) is 6.07 Å². The summed E-state index contributed by atoms with van der Waals surface area (Å²) >= 11 is 0. The average molecular weight is 252 g/mol. The minimum absolute atomic E-state index is 0.00769. The van der Waals surface area contributed by atoms with Gasteiger partial charge in [-0.15, -0.1) is 0 Å². The summed E-state index contributed by atoms with van der Waals surface area (Å²) < 4.78 is 7.27. The third-order valence-corrected chi connectivity index (χ3v) is 3.10. The minimum Gasteiger partial charge on any atom is -0.370 e. The summed E-state index contributed by atoms with van der Waals surface area (Å²) in [5.74, 6) is -0.00769. The van der Waals surface area contributed by atoms with Crippen molar-refractivity contribution in [3.8, 4) is 0 Å². The lowest BCUT2D eigenvalue weighted by Gasteiger charge is -2.36. The Kier molecular flexibility index (Phi) is 3.68. The molecular formula is C12H20N4O2. The van der Waals surface area contributed by atoms with Gasteiger partial charge in [0.1, 0.15) is 5.69 Å². The molecule has 1 aromatic rings. The summed E-state index contributed by atoms with van der Waals surface area (Å²) in [5, 5.41) is 4.20. The van der Waals surface area contributed by atoms with Crippen LogP contribution in [0.5, 0.6) is 0 Å². The Hall–Kier alpha value is -1.40. The van der Waals surface area contributed by atoms with E-state index in [0.717, 1.165) is 5.69 Å². The topological polar surface area (TPSA) is 73.4 Å². The van der Waals surface area contributed by atoms with Crippen molar-refractivity contribution in [2.75, 3.05) is 19.6 Å². The van der Waals surface area contributed by atoms with Crippen LogP contribution in [-0.4, -0.2) is 52.4 Å². The van der Waals surface area contributed by atoms with Crippen molar-refractivity contribution in [1.82, 2.24) is 14.7 Å². The molecule has 0 spiro atoms. The van der Waals surface area contributed by atoms with Gasteiger partial charge in [-0.05, 0) is 19.9 Å². The molecule has 0 saturated carbocycles. The van der Waals surface area contributed by atoms with Crippen molar-refractivity contribution in [3.63, 3.8) is 0 Å². The Morgan fingerprint density at radius 3 is 2.89 bits per heavy atom. The molecule has 2 heterocycles. The number of amides is 1. The number of morpholine rings is 1. The van der Waals surface area contributed by atoms with Crippen molar-refractivity contribution in [1.29, 1.82) is 0 Å². The number of ether oxygens (including phenoxy) is 1. The summed E-state index contributed by atoms with van der Waals surface area (Å²) in [5.41, 5.74) is 7.07. The molecule has 0 radical (unpaired) electrons. The van der Waals surface area contributed by atoms with Gasteiger partial charge in [0.15, 0.2) is 0 Å². The molecule has 2 rings (SSSR count). The van der Waals surface area contributed by atoms with E-state index in [2.05, 4.69) is 5.10 Å². The highest BCUT2D eigenvalue weighted by Gasteiger charge is 2.29. The maximum absolute atomic E-state index is 12.4. The van der Waals surface area contributed by atoms with E-state index in [9.17, 15) is 4.79 Å². The van der Waals surface area contributed by atoms with Crippen LogP contribution in [0.4, 0.5) is 0 Å². The minimum atomic E-state index is -0.0768. The normalized spacial score (nSPS) is 24.3. The first-order chi connectivity index (χ1) is 8.51. The molecule has 6 nitrogen and oxygen atoms in total. The third kappa shape index (κ3) is 2.54. The molecule has 100 valence electrons. The summed E-state index contributed by atoms with van der Waals surface area (Å²) in [6, 6.07) is 1.81. The highest BCUT2D eigenvalue weighted by molar-refractivity contribution is 5.92. The number of carbonyl (C=O) groups is 1. The van der Waals surface area contributed by atoms with Crippen LogP contribution in [0.2, 0.25) is 0 Å². The molecule has 0 aromatic carbocycles. The second-order valence-electron chi connectivity index (χ2n) is 4.81. The van der Waals surface area contributed by atoms with Crippen LogP contribution < -0.4 is 5.73 Å². The second-order valence-corrected chi connectivity index (χ2v) is 4.81. The van der Waals surface area contributed by atoms with Gasteiger partial charge in [0.25, 0.3) is 5.91 Å². The fourth-order valence-electron chi connectivity index (χ4n) is 2.31. The number of nitrogens with zero attached hydrogens (tertiary/aromatic N) is 3. The monoisotopic (exact) mass is 252 g/mol. The number of nitrogens with two attached hydrogens (primary N) is 1. The van der Waals surface area contributed by atoms with Crippen molar-refractivity contribution in [2.24, 2.45) is 12.8 Å². The van der Waals surface area contributed by atoms with Crippen LogP contribution >= 0.6 is 0 Å². The quantitative estimate of drug-likeness (QED) is 0.799. The first-order valence-electron chi connectivity index (χ1n) is 6.16. The number of hydrogen-bond acceptors (Lipinski definition) is 4. The summed E-state index contributed by atoms with van der Waals surface area (Å²) in [6.07, 6.45) is -0.0578. The smallest absolute Gasteiger partial charge is 0.272 e. The molecule has 0 bridgehead atoms. The molecule has 2 atom stereocenters. The van der Waals surface area contributed by atoms with Gasteiger partial charge in [0.05, 0.1) is 17.9 Å². The highest BCUT2D eigenvalue weighted by Crippen LogP contribution is 2.14. The number of aromatic nitrogens is 2. The maximum Gasteiger partial charge on any atom is 0.272 e. The summed E-state index contributed by atoms with van der Waals surface area (Å²) in [6.45, 7) is 5.40. The average Bonchev–Trinajstić information content (AvgIpc) is 2.66. The van der Waals surface area contributed by atoms with Crippen LogP contribution in [-0.2, 0) is 11.8 Å². The largest absolute Gasteiger partial charge is 0.370 e. The van der Waals surface area contributed by atoms with Gasteiger partial charge in [-0.1, -0.05) is 0 Å². The molecule has 2 N–H and O–H groups in total. The van der Waals surface area contributed by atoms with E-state index in [-0.39, 0.29) is 18.1 Å². The first kappa shape index (κ1) is 13.0. The Bertz CT molecular complexity index is 443. The van der Waals surface area contributed by atoms with Gasteiger partial charge >= 0.3 is 0 Å². The Morgan fingerprint density at radius 2 is 2.33 bits per heavy atom. The zero-order chi connectivity index (χ0) is 13.3. The van der Waals surface area contributed by atoms with Gasteiger partial charge in [-0.3, -0.25) is 9.48 Å². The molecule has 1 aliphatic heterocycles. The molecule has 2 unspecified atom stereocenters. The fraction of sp³-hybridized carbons (Fsp3) is 0.667. The van der Waals surface area contributed by atoms with Crippen LogP contribution in [0.25, 0.3) is 0 Å². The molecule has 0 aliphatic carbocycles. The maximum atomic E-state index is 12.4. The third-order valence-electron chi connectivity index (χ3n) is 3.10. The van der Waals surface area contributed by atoms with Crippen molar-refractivity contribution in [3.05, 3.63) is 17.5 Å². The van der Waals surface area contributed by atoms with Crippen LogP contribution in [0, 0.1) is 6.92 Å². The van der Waals surface area contributed by atoms with E-state index < -0.39 is 0 Å². The van der Waals surface area contributed by atoms with E-state index in [1.54, 1.807) is 22.7 Å². The molecule has 1 saturated heterocycles. The lowest BCUT2D eigenvalue weighted by Crippen LogP contribution is -2.51. The molecule has 18 heavy (non-hydrogen) atoms. The zero-order valence-electron chi connectivity index (χ0n) is 11.1. The fourth-order valence-corrected chi connectivity index (χ4v) is 2.31. The summed E-state index contributed by atoms with van der Waals surface area (Å²) in [7, 11) is 1.78. The standard InChI is InChI=1S/C12H20N4O2/c1-8-4-11(15(3)14-8)12(17)16-6-9(2)18-10(5-13)7-16/h4,9-10H,5-7,13H2,1-3H3. The van der Waals surface area contributed by atoms with Gasteiger partial charge < -0.3 is 15.4 Å². The number of hydrogen-bond donors (Lipinski definition) is 1. The van der Waals surface area contributed by atoms with Crippen molar-refractivity contribution in [2.45, 2.75) is 26.1 Å². The Labute approximate surface area is 107 Å². The van der Waals surface area contributed by atoms with E-state index >= 15 is 0 Å². The Morgan fingerprint density at radius 1 is 1.61 bits per heavy atom. The highest BCUT2D eigenvalue weighted by atomic mass is 16.5. The number of rotatable bonds is 2. The molecule has 1 aliphatic rings. The van der Waals surface area contributed by atoms with Gasteiger partial charge in [-0.2, -0.15) is 5.10 Å². The van der Waals surface area contributed by atoms with Gasteiger partial charge in [0, 0.05) is 26.7 Å². The van der Waals surface area contributed by atoms with Crippen molar-refractivity contribution >= 4 is 5.91 Å². The predicted octanol–water partition coefficient (Wildman–Crippen LogP) is -0.0833. The van der Waals surface area contributed by atoms with E-state index in [4.69, 9.17) is 10.5 Å². The van der Waals surface area contributed by atoms with Crippen LogP contribution in [0.1, 0.15) is 23.1 Å². The molecule has 1 aromatic heterocycles. The molecule has 1 fully saturated rings. The van der Waals surface area contributed by atoms with E-state index in [1.807, 2.05) is 13.8 Å². The zero-order valence-corrected chi connectivity index (χ0v) is 11.1. The molecule has 1 amide bonds. The summed E-state index contributed by atoms with van der Waals surface area (Å²) in [4.78, 5) is 14.2. The van der Waals surface area contributed by atoms with Crippen molar-refractivity contribution < 1.29 is 9.53 Å². The lowest BCUT2D eigenvalue weighted by atomic mass is 10.2. The lowest BCUT2D eigenvalue weighted by molar-refractivity contribution is -0.0628. The number of carbonyl (C=O) groups excluding carboxylic acids is 1. The molecule has 6 heteroatoms. The Balaban J connectivity index is 2.15. The SMILES string of the molecule is Cc1cc(C(=O)N2CC(C)OC(CN)C2)n(C)n1. The van der Waals surface area contributed by atoms with Crippen LogP contribution in [0.3, 0.4) is 0 Å². The van der Waals surface area contributed by atoms with E-state index in [1.165, 1.54) is 0 Å². The van der Waals surface area contributed by atoms with Gasteiger partial charge in [-0.25, -0.2) is 0 Å².